The molecule has 5 heteroatoms. The van der Waals surface area contributed by atoms with Gasteiger partial charge in [-0.05, 0) is 25.1 Å². The normalized spacial score (nSPS) is 10.6. The molecule has 24 heavy (non-hydrogen) atoms. The van der Waals surface area contributed by atoms with E-state index in [0.717, 1.165) is 21.1 Å². The fourth-order valence-corrected chi connectivity index (χ4v) is 3.39. The van der Waals surface area contributed by atoms with Gasteiger partial charge in [-0.15, -0.1) is 11.3 Å². The van der Waals surface area contributed by atoms with E-state index in [-0.39, 0.29) is 5.91 Å². The molecule has 3 aromatic rings. The van der Waals surface area contributed by atoms with Crippen molar-refractivity contribution in [3.05, 3.63) is 75.9 Å². The summed E-state index contributed by atoms with van der Waals surface area (Å²) in [5, 5.41) is 3.78. The monoisotopic (exact) mass is 340 g/mol. The minimum atomic E-state index is -0.411. The Labute approximate surface area is 144 Å². The van der Waals surface area contributed by atoms with Crippen molar-refractivity contribution in [3.8, 4) is 11.3 Å². The number of halogens is 1. The number of hydrogen-bond acceptors (Lipinski definition) is 3. The van der Waals surface area contributed by atoms with Crippen LogP contribution in [0.15, 0.2) is 54.6 Å². The lowest BCUT2D eigenvalue weighted by Gasteiger charge is -2.04. The van der Waals surface area contributed by atoms with Crippen molar-refractivity contribution in [1.82, 2.24) is 10.3 Å². The Balaban J connectivity index is 1.61. The van der Waals surface area contributed by atoms with E-state index < -0.39 is 5.82 Å². The second-order valence-corrected chi connectivity index (χ2v) is 6.68. The molecule has 0 radical (unpaired) electrons. The molecule has 1 N–H and O–H groups in total. The van der Waals surface area contributed by atoms with Crippen LogP contribution in [0.1, 0.15) is 20.2 Å². The number of carbonyl (C=O) groups excluding carboxylic acids is 1. The number of rotatable bonds is 5. The van der Waals surface area contributed by atoms with Crippen molar-refractivity contribution in [2.45, 2.75) is 13.3 Å². The summed E-state index contributed by atoms with van der Waals surface area (Å²) in [6, 6.07) is 15.7. The predicted molar refractivity (Wildman–Crippen MR) is 94.7 cm³/mol. The Bertz CT molecular complexity index is 846. The van der Waals surface area contributed by atoms with Crippen LogP contribution in [0.5, 0.6) is 0 Å². The topological polar surface area (TPSA) is 42.0 Å². The number of carbonyl (C=O) groups is 1. The summed E-state index contributed by atoms with van der Waals surface area (Å²) >= 11 is 1.64. The minimum absolute atomic E-state index is 0.272. The molecular weight excluding hydrogens is 323 g/mol. The number of aromatic nitrogens is 1. The number of benzene rings is 2. The molecule has 1 aromatic heterocycles. The number of aryl methyl sites for hydroxylation is 1. The molecule has 0 aliphatic heterocycles. The standard InChI is InChI=1S/C19H17FN2OS/c1-13-18(14-6-3-2-4-7-14)22-17(24-13)10-11-21-19(23)15-8-5-9-16(20)12-15/h2-9,12H,10-11H2,1H3,(H,21,23). The maximum Gasteiger partial charge on any atom is 0.251 e. The van der Waals surface area contributed by atoms with Gasteiger partial charge in [-0.1, -0.05) is 36.4 Å². The van der Waals surface area contributed by atoms with Gasteiger partial charge in [0.2, 0.25) is 0 Å². The first-order chi connectivity index (χ1) is 11.6. The molecule has 0 spiro atoms. The second kappa shape index (κ2) is 7.36. The van der Waals surface area contributed by atoms with E-state index >= 15 is 0 Å². The summed E-state index contributed by atoms with van der Waals surface area (Å²) in [5.74, 6) is -0.684. The van der Waals surface area contributed by atoms with E-state index in [4.69, 9.17) is 0 Å². The summed E-state index contributed by atoms with van der Waals surface area (Å²) in [6.07, 6.45) is 0.652. The molecule has 0 unspecified atom stereocenters. The van der Waals surface area contributed by atoms with Crippen LogP contribution in [0, 0.1) is 12.7 Å². The molecule has 0 saturated heterocycles. The van der Waals surface area contributed by atoms with Crippen molar-refractivity contribution < 1.29 is 9.18 Å². The summed E-state index contributed by atoms with van der Waals surface area (Å²) < 4.78 is 13.1. The lowest BCUT2D eigenvalue weighted by atomic mass is 10.1. The highest BCUT2D eigenvalue weighted by Crippen LogP contribution is 2.27. The zero-order chi connectivity index (χ0) is 16.9. The van der Waals surface area contributed by atoms with Crippen LogP contribution >= 0.6 is 11.3 Å². The van der Waals surface area contributed by atoms with Crippen LogP contribution in [0.4, 0.5) is 4.39 Å². The third-order valence-corrected chi connectivity index (χ3v) is 4.63. The molecule has 122 valence electrons. The van der Waals surface area contributed by atoms with Crippen molar-refractivity contribution in [2.24, 2.45) is 0 Å². The van der Waals surface area contributed by atoms with E-state index in [1.165, 1.54) is 18.2 Å². The summed E-state index contributed by atoms with van der Waals surface area (Å²) in [4.78, 5) is 17.8. The number of thiazole rings is 1. The fourth-order valence-electron chi connectivity index (χ4n) is 2.44. The molecule has 0 saturated carbocycles. The van der Waals surface area contributed by atoms with Crippen LogP contribution in [-0.4, -0.2) is 17.4 Å². The van der Waals surface area contributed by atoms with E-state index in [1.807, 2.05) is 30.3 Å². The Kier molecular flexibility index (Phi) is 5.01. The molecular formula is C19H17FN2OS. The van der Waals surface area contributed by atoms with Gasteiger partial charge in [0.25, 0.3) is 5.91 Å². The van der Waals surface area contributed by atoms with Gasteiger partial charge >= 0.3 is 0 Å². The van der Waals surface area contributed by atoms with Crippen LogP contribution < -0.4 is 5.32 Å². The highest BCUT2D eigenvalue weighted by molar-refractivity contribution is 7.12. The molecule has 3 nitrogen and oxygen atoms in total. The highest BCUT2D eigenvalue weighted by atomic mass is 32.1. The third-order valence-electron chi connectivity index (χ3n) is 3.60. The summed E-state index contributed by atoms with van der Waals surface area (Å²) in [6.45, 7) is 2.52. The molecule has 0 aliphatic carbocycles. The molecule has 0 fully saturated rings. The zero-order valence-corrected chi connectivity index (χ0v) is 14.1. The Morgan fingerprint density at radius 1 is 1.17 bits per heavy atom. The largest absolute Gasteiger partial charge is 0.352 e. The molecule has 0 aliphatic rings. The molecule has 3 rings (SSSR count). The van der Waals surface area contributed by atoms with Gasteiger partial charge in [0.15, 0.2) is 0 Å². The molecule has 0 atom stereocenters. The maximum absolute atomic E-state index is 13.1. The van der Waals surface area contributed by atoms with Crippen LogP contribution in [0.2, 0.25) is 0 Å². The molecule has 0 bridgehead atoms. The Morgan fingerprint density at radius 3 is 2.71 bits per heavy atom. The lowest BCUT2D eigenvalue weighted by molar-refractivity contribution is 0.0953. The van der Waals surface area contributed by atoms with Gasteiger partial charge in [0.1, 0.15) is 5.82 Å². The van der Waals surface area contributed by atoms with Gasteiger partial charge < -0.3 is 5.32 Å². The summed E-state index contributed by atoms with van der Waals surface area (Å²) in [5.41, 5.74) is 2.42. The second-order valence-electron chi connectivity index (χ2n) is 5.39. The first-order valence-corrected chi connectivity index (χ1v) is 8.50. The van der Waals surface area contributed by atoms with Crippen LogP contribution in [-0.2, 0) is 6.42 Å². The smallest absolute Gasteiger partial charge is 0.251 e. The quantitative estimate of drug-likeness (QED) is 0.755. The van der Waals surface area contributed by atoms with E-state index in [0.29, 0.717) is 18.5 Å². The Morgan fingerprint density at radius 2 is 1.96 bits per heavy atom. The Hall–Kier alpha value is -2.53. The van der Waals surface area contributed by atoms with Crippen molar-refractivity contribution >= 4 is 17.2 Å². The first kappa shape index (κ1) is 16.3. The molecule has 2 aromatic carbocycles. The van der Waals surface area contributed by atoms with Gasteiger partial charge in [0.05, 0.1) is 10.7 Å². The number of hydrogen-bond donors (Lipinski definition) is 1. The SMILES string of the molecule is Cc1sc(CCNC(=O)c2cccc(F)c2)nc1-c1ccccc1. The first-order valence-electron chi connectivity index (χ1n) is 7.69. The van der Waals surface area contributed by atoms with Crippen molar-refractivity contribution in [2.75, 3.05) is 6.54 Å². The highest BCUT2D eigenvalue weighted by Gasteiger charge is 2.10. The molecule has 1 amide bonds. The maximum atomic E-state index is 13.1. The third kappa shape index (κ3) is 3.86. The summed E-state index contributed by atoms with van der Waals surface area (Å²) in [7, 11) is 0. The van der Waals surface area contributed by atoms with Gasteiger partial charge in [-0.2, -0.15) is 0 Å². The number of amides is 1. The van der Waals surface area contributed by atoms with Gasteiger partial charge in [0, 0.05) is 29.0 Å². The van der Waals surface area contributed by atoms with Gasteiger partial charge in [-0.25, -0.2) is 9.37 Å². The average Bonchev–Trinajstić information content (AvgIpc) is 2.96. The lowest BCUT2D eigenvalue weighted by Crippen LogP contribution is -2.25. The van der Waals surface area contributed by atoms with Crippen molar-refractivity contribution in [1.29, 1.82) is 0 Å². The zero-order valence-electron chi connectivity index (χ0n) is 13.3. The van der Waals surface area contributed by atoms with E-state index in [9.17, 15) is 9.18 Å². The van der Waals surface area contributed by atoms with Crippen LogP contribution in [0.3, 0.4) is 0 Å². The van der Waals surface area contributed by atoms with Crippen LogP contribution in [0.25, 0.3) is 11.3 Å². The van der Waals surface area contributed by atoms with E-state index in [2.05, 4.69) is 17.2 Å². The van der Waals surface area contributed by atoms with Gasteiger partial charge in [-0.3, -0.25) is 4.79 Å². The predicted octanol–water partition coefficient (Wildman–Crippen LogP) is 4.23. The van der Waals surface area contributed by atoms with Crippen molar-refractivity contribution in [3.63, 3.8) is 0 Å². The minimum Gasteiger partial charge on any atom is -0.352 e. The number of nitrogens with zero attached hydrogens (tertiary/aromatic N) is 1. The molecule has 1 heterocycles. The fraction of sp³-hybridized carbons (Fsp3) is 0.158. The number of nitrogens with one attached hydrogen (secondary N) is 1. The van der Waals surface area contributed by atoms with E-state index in [1.54, 1.807) is 17.4 Å². The average molecular weight is 340 g/mol.